The molecule has 1 heterocycles. The third-order valence-corrected chi connectivity index (χ3v) is 5.39. The summed E-state index contributed by atoms with van der Waals surface area (Å²) in [6, 6.07) is 13.6. The summed E-state index contributed by atoms with van der Waals surface area (Å²) in [6.07, 6.45) is -0.583. The van der Waals surface area contributed by atoms with E-state index in [9.17, 15) is 9.90 Å². The Hall–Kier alpha value is -1.88. The van der Waals surface area contributed by atoms with Gasteiger partial charge in [-0.3, -0.25) is 9.69 Å². The number of nitrogens with zero attached hydrogens (tertiary/aromatic N) is 2. The van der Waals surface area contributed by atoms with Gasteiger partial charge in [0.05, 0.1) is 28.7 Å². The summed E-state index contributed by atoms with van der Waals surface area (Å²) in [5.74, 6) is 0. The van der Waals surface area contributed by atoms with Crippen LogP contribution in [0.5, 0.6) is 0 Å². The van der Waals surface area contributed by atoms with Gasteiger partial charge in [0.1, 0.15) is 0 Å². The smallest absolute Gasteiger partial charge is 0.197 e. The zero-order valence-electron chi connectivity index (χ0n) is 16.3. The summed E-state index contributed by atoms with van der Waals surface area (Å²) in [5.41, 5.74) is 1.45. The second-order valence-electron chi connectivity index (χ2n) is 7.63. The van der Waals surface area contributed by atoms with E-state index in [0.717, 1.165) is 5.52 Å². The van der Waals surface area contributed by atoms with Gasteiger partial charge in [0.2, 0.25) is 0 Å². The summed E-state index contributed by atoms with van der Waals surface area (Å²) in [5, 5.41) is 12.6. The Morgan fingerprint density at radius 3 is 2.30 bits per heavy atom. The number of aliphatic hydroxyl groups is 1. The highest BCUT2D eigenvalue weighted by Crippen LogP contribution is 2.26. The lowest BCUT2D eigenvalue weighted by molar-refractivity contribution is 0.0668. The fraction of sp³-hybridized carbons (Fsp3) is 0.409. The lowest BCUT2D eigenvalue weighted by Crippen LogP contribution is -2.43. The molecule has 0 saturated carbocycles. The van der Waals surface area contributed by atoms with E-state index in [2.05, 4.69) is 32.6 Å². The van der Waals surface area contributed by atoms with Gasteiger partial charge in [0.25, 0.3) is 0 Å². The molecule has 1 unspecified atom stereocenters. The van der Waals surface area contributed by atoms with Crippen molar-refractivity contribution in [3.8, 4) is 0 Å². The first kappa shape index (κ1) is 19.9. The molecule has 27 heavy (non-hydrogen) atoms. The molecule has 0 saturated heterocycles. The lowest BCUT2D eigenvalue weighted by atomic mass is 10.1. The minimum Gasteiger partial charge on any atom is -0.390 e. The van der Waals surface area contributed by atoms with Crippen molar-refractivity contribution in [3.63, 3.8) is 0 Å². The van der Waals surface area contributed by atoms with Gasteiger partial charge in [-0.15, -0.1) is 0 Å². The van der Waals surface area contributed by atoms with Crippen molar-refractivity contribution in [1.82, 2.24) is 9.47 Å². The maximum atomic E-state index is 12.9. The molecule has 0 amide bonds. The van der Waals surface area contributed by atoms with Gasteiger partial charge in [-0.25, -0.2) is 0 Å². The van der Waals surface area contributed by atoms with Crippen LogP contribution in [0.4, 0.5) is 0 Å². The van der Waals surface area contributed by atoms with E-state index in [-0.39, 0.29) is 5.43 Å². The van der Waals surface area contributed by atoms with Crippen LogP contribution in [0.3, 0.4) is 0 Å². The van der Waals surface area contributed by atoms with E-state index in [1.54, 1.807) is 18.2 Å². The van der Waals surface area contributed by atoms with Crippen molar-refractivity contribution in [1.29, 1.82) is 0 Å². The molecule has 1 N–H and O–H groups in total. The van der Waals surface area contributed by atoms with Gasteiger partial charge in [-0.2, -0.15) is 0 Å². The van der Waals surface area contributed by atoms with Gasteiger partial charge in [-0.1, -0.05) is 29.8 Å². The van der Waals surface area contributed by atoms with Crippen LogP contribution in [0.15, 0.2) is 47.3 Å². The number of para-hydroxylation sites is 2. The molecule has 1 aromatic heterocycles. The molecule has 0 fully saturated rings. The summed E-state index contributed by atoms with van der Waals surface area (Å²) >= 11 is 6.47. The number of benzene rings is 2. The first-order chi connectivity index (χ1) is 12.8. The monoisotopic (exact) mass is 386 g/mol. The van der Waals surface area contributed by atoms with Crippen molar-refractivity contribution in [2.45, 2.75) is 52.4 Å². The van der Waals surface area contributed by atoms with Crippen molar-refractivity contribution < 1.29 is 5.11 Å². The van der Waals surface area contributed by atoms with Gasteiger partial charge in [0.15, 0.2) is 5.43 Å². The molecule has 0 aliphatic carbocycles. The largest absolute Gasteiger partial charge is 0.390 e. The molecule has 0 radical (unpaired) electrons. The van der Waals surface area contributed by atoms with Crippen LogP contribution >= 0.6 is 11.6 Å². The van der Waals surface area contributed by atoms with Crippen molar-refractivity contribution in [2.75, 3.05) is 6.54 Å². The second-order valence-corrected chi connectivity index (χ2v) is 8.04. The molecular formula is C22H27ClN2O2. The fourth-order valence-corrected chi connectivity index (χ4v) is 4.14. The van der Waals surface area contributed by atoms with Crippen LogP contribution in [0.2, 0.25) is 5.02 Å². The van der Waals surface area contributed by atoms with E-state index in [1.807, 2.05) is 28.8 Å². The second kappa shape index (κ2) is 8.01. The topological polar surface area (TPSA) is 45.5 Å². The fourth-order valence-electron chi connectivity index (χ4n) is 3.86. The lowest BCUT2D eigenvalue weighted by Gasteiger charge is -2.33. The number of fused-ring (bicyclic) bond motifs is 2. The van der Waals surface area contributed by atoms with Crippen molar-refractivity contribution in [3.05, 3.63) is 57.7 Å². The Bertz CT molecular complexity index is 1000. The van der Waals surface area contributed by atoms with Crippen LogP contribution in [-0.2, 0) is 6.54 Å². The normalized spacial score (nSPS) is 13.4. The minimum absolute atomic E-state index is 0.0279. The van der Waals surface area contributed by atoms with Gasteiger partial charge >= 0.3 is 0 Å². The van der Waals surface area contributed by atoms with Crippen LogP contribution in [-0.4, -0.2) is 39.3 Å². The predicted octanol–water partition coefficient (Wildman–Crippen LogP) is 4.29. The number of rotatable bonds is 6. The van der Waals surface area contributed by atoms with Crippen LogP contribution in [0.1, 0.15) is 27.7 Å². The summed E-state index contributed by atoms with van der Waals surface area (Å²) in [7, 11) is 0. The average molecular weight is 387 g/mol. The maximum Gasteiger partial charge on any atom is 0.197 e. The molecule has 0 aliphatic heterocycles. The van der Waals surface area contributed by atoms with E-state index in [1.165, 1.54) is 0 Å². The molecule has 3 aromatic rings. The molecule has 5 heteroatoms. The van der Waals surface area contributed by atoms with Crippen molar-refractivity contribution in [2.24, 2.45) is 0 Å². The van der Waals surface area contributed by atoms with Crippen LogP contribution in [0, 0.1) is 0 Å². The predicted molar refractivity (Wildman–Crippen MR) is 114 cm³/mol. The molecule has 1 atom stereocenters. The summed E-state index contributed by atoms with van der Waals surface area (Å²) in [4.78, 5) is 15.2. The zero-order valence-corrected chi connectivity index (χ0v) is 17.1. The van der Waals surface area contributed by atoms with E-state index in [4.69, 9.17) is 11.6 Å². The Morgan fingerprint density at radius 1 is 1.00 bits per heavy atom. The van der Waals surface area contributed by atoms with Crippen molar-refractivity contribution >= 4 is 33.4 Å². The molecule has 4 nitrogen and oxygen atoms in total. The maximum absolute atomic E-state index is 12.9. The molecule has 144 valence electrons. The van der Waals surface area contributed by atoms with E-state index in [0.29, 0.717) is 46.5 Å². The van der Waals surface area contributed by atoms with Gasteiger partial charge < -0.3 is 9.67 Å². The Balaban J connectivity index is 2.12. The van der Waals surface area contributed by atoms with E-state index < -0.39 is 6.10 Å². The Morgan fingerprint density at radius 2 is 1.63 bits per heavy atom. The number of hydrogen-bond donors (Lipinski definition) is 1. The summed E-state index contributed by atoms with van der Waals surface area (Å²) < 4.78 is 1.98. The third kappa shape index (κ3) is 3.88. The molecule has 0 spiro atoms. The first-order valence-electron chi connectivity index (χ1n) is 9.44. The highest BCUT2D eigenvalue weighted by Gasteiger charge is 2.20. The third-order valence-electron chi connectivity index (χ3n) is 5.08. The SMILES string of the molecule is CC(C)N(CC(O)Cn1c2ccccc2c(=O)c2cccc(Cl)c21)C(C)C. The Kier molecular flexibility index (Phi) is 5.89. The van der Waals surface area contributed by atoms with Gasteiger partial charge in [0, 0.05) is 29.4 Å². The number of aliphatic hydroxyl groups excluding tert-OH is 1. The quantitative estimate of drug-likeness (QED) is 0.643. The highest BCUT2D eigenvalue weighted by atomic mass is 35.5. The highest BCUT2D eigenvalue weighted by molar-refractivity contribution is 6.35. The molecule has 3 rings (SSSR count). The molecule has 0 bridgehead atoms. The Labute approximate surface area is 165 Å². The van der Waals surface area contributed by atoms with Crippen LogP contribution < -0.4 is 5.43 Å². The average Bonchev–Trinajstić information content (AvgIpc) is 2.62. The number of halogens is 1. The number of aromatic nitrogens is 1. The van der Waals surface area contributed by atoms with Gasteiger partial charge in [-0.05, 0) is 52.0 Å². The van der Waals surface area contributed by atoms with E-state index >= 15 is 0 Å². The first-order valence-corrected chi connectivity index (χ1v) is 9.82. The zero-order chi connectivity index (χ0) is 19.7. The minimum atomic E-state index is -0.583. The molecule has 0 aliphatic rings. The molecule has 2 aromatic carbocycles. The number of hydrogen-bond acceptors (Lipinski definition) is 3. The standard InChI is InChI=1S/C22H27ClN2O2/c1-14(2)24(15(3)4)12-16(26)13-25-20-11-6-5-8-17(20)22(27)18-9-7-10-19(23)21(18)25/h5-11,14-16,26H,12-13H2,1-4H3. The number of pyridine rings is 1. The van der Waals surface area contributed by atoms with Crippen LogP contribution in [0.25, 0.3) is 21.8 Å². The molecular weight excluding hydrogens is 360 g/mol. The summed E-state index contributed by atoms with van der Waals surface area (Å²) in [6.45, 7) is 9.46.